The summed E-state index contributed by atoms with van der Waals surface area (Å²) in [5.74, 6) is 0.772. The lowest BCUT2D eigenvalue weighted by molar-refractivity contribution is 0.415. The van der Waals surface area contributed by atoms with Crippen LogP contribution in [-0.2, 0) is 12.8 Å². The maximum atomic E-state index is 12.2. The summed E-state index contributed by atoms with van der Waals surface area (Å²) >= 11 is 0. The van der Waals surface area contributed by atoms with E-state index in [2.05, 4.69) is 18.8 Å². The highest BCUT2D eigenvalue weighted by Gasteiger charge is 2.11. The molecule has 0 aliphatic carbocycles. The molecule has 0 radical (unpaired) electrons. The molecule has 102 valence electrons. The van der Waals surface area contributed by atoms with Crippen molar-refractivity contribution in [3.8, 4) is 5.75 Å². The first-order valence-corrected chi connectivity index (χ1v) is 6.93. The maximum absolute atomic E-state index is 12.2. The van der Waals surface area contributed by atoms with Crippen LogP contribution in [0.3, 0.4) is 0 Å². The lowest BCUT2D eigenvalue weighted by Gasteiger charge is -2.12. The Kier molecular flexibility index (Phi) is 4.25. The van der Waals surface area contributed by atoms with Crippen molar-refractivity contribution >= 4 is 10.9 Å². The molecule has 0 aliphatic heterocycles. The van der Waals surface area contributed by atoms with Crippen molar-refractivity contribution in [3.05, 3.63) is 39.7 Å². The Morgan fingerprint density at radius 1 is 1.11 bits per heavy atom. The van der Waals surface area contributed by atoms with Crippen LogP contribution in [0.15, 0.2) is 23.0 Å². The van der Waals surface area contributed by atoms with E-state index < -0.39 is 0 Å². The van der Waals surface area contributed by atoms with Gasteiger partial charge in [-0.15, -0.1) is 0 Å². The van der Waals surface area contributed by atoms with Crippen molar-refractivity contribution in [2.75, 3.05) is 7.11 Å². The fraction of sp³-hybridized carbons (Fsp3) is 0.438. The second kappa shape index (κ2) is 5.91. The number of aromatic amines is 1. The number of ether oxygens (including phenoxy) is 1. The first-order chi connectivity index (χ1) is 9.21. The van der Waals surface area contributed by atoms with E-state index in [0.29, 0.717) is 0 Å². The quantitative estimate of drug-likeness (QED) is 0.893. The molecule has 0 spiro atoms. The number of hydrogen-bond donors (Lipinski definition) is 1. The fourth-order valence-electron chi connectivity index (χ4n) is 2.56. The van der Waals surface area contributed by atoms with E-state index in [0.717, 1.165) is 47.9 Å². The molecule has 0 bridgehead atoms. The monoisotopic (exact) mass is 259 g/mol. The number of aryl methyl sites for hydroxylation is 1. The Morgan fingerprint density at radius 2 is 1.79 bits per heavy atom. The number of H-pyrrole nitrogens is 1. The number of aromatic nitrogens is 1. The van der Waals surface area contributed by atoms with Gasteiger partial charge in [0.15, 0.2) is 0 Å². The highest BCUT2D eigenvalue weighted by Crippen LogP contribution is 2.24. The van der Waals surface area contributed by atoms with E-state index in [4.69, 9.17) is 4.74 Å². The fourth-order valence-corrected chi connectivity index (χ4v) is 2.56. The lowest BCUT2D eigenvalue weighted by Crippen LogP contribution is -2.16. The number of methoxy groups -OCH3 is 1. The standard InChI is InChI=1S/C16H21NO2/c1-4-6-12-13-9-8-11(19-3)10-15(13)17-16(18)14(12)7-5-2/h8-10H,4-7H2,1-3H3,(H,17,18). The molecule has 1 aromatic heterocycles. The van der Waals surface area contributed by atoms with Crippen LogP contribution < -0.4 is 10.3 Å². The Balaban J connectivity index is 2.72. The first kappa shape index (κ1) is 13.7. The summed E-state index contributed by atoms with van der Waals surface area (Å²) in [7, 11) is 1.64. The van der Waals surface area contributed by atoms with Gasteiger partial charge in [-0.1, -0.05) is 26.7 Å². The van der Waals surface area contributed by atoms with Crippen LogP contribution >= 0.6 is 0 Å². The lowest BCUT2D eigenvalue weighted by atomic mass is 9.96. The van der Waals surface area contributed by atoms with Crippen molar-refractivity contribution in [3.63, 3.8) is 0 Å². The summed E-state index contributed by atoms with van der Waals surface area (Å²) in [5, 5.41) is 1.14. The third kappa shape index (κ3) is 2.65. The molecule has 0 fully saturated rings. The molecule has 19 heavy (non-hydrogen) atoms. The summed E-state index contributed by atoms with van der Waals surface area (Å²) in [6.07, 6.45) is 3.82. The maximum Gasteiger partial charge on any atom is 0.251 e. The smallest absolute Gasteiger partial charge is 0.251 e. The Bertz CT molecular complexity index is 628. The van der Waals surface area contributed by atoms with E-state index >= 15 is 0 Å². The minimum Gasteiger partial charge on any atom is -0.497 e. The normalized spacial score (nSPS) is 10.9. The average molecular weight is 259 g/mol. The van der Waals surface area contributed by atoms with Gasteiger partial charge < -0.3 is 9.72 Å². The molecule has 0 aliphatic rings. The molecule has 1 heterocycles. The number of hydrogen-bond acceptors (Lipinski definition) is 2. The third-order valence-corrected chi connectivity index (χ3v) is 3.44. The molecule has 0 atom stereocenters. The van der Waals surface area contributed by atoms with Crippen LogP contribution in [0, 0.1) is 0 Å². The Morgan fingerprint density at radius 3 is 2.42 bits per heavy atom. The van der Waals surface area contributed by atoms with Gasteiger partial charge in [-0.25, -0.2) is 0 Å². The third-order valence-electron chi connectivity index (χ3n) is 3.44. The first-order valence-electron chi connectivity index (χ1n) is 6.93. The van der Waals surface area contributed by atoms with Crippen LogP contribution in [0.2, 0.25) is 0 Å². The second-order valence-electron chi connectivity index (χ2n) is 4.82. The van der Waals surface area contributed by atoms with Gasteiger partial charge in [-0.05, 0) is 30.5 Å². The average Bonchev–Trinajstić information content (AvgIpc) is 2.42. The molecular formula is C16H21NO2. The molecule has 0 unspecified atom stereocenters. The van der Waals surface area contributed by atoms with Crippen molar-refractivity contribution in [2.24, 2.45) is 0 Å². The van der Waals surface area contributed by atoms with Gasteiger partial charge in [0, 0.05) is 17.0 Å². The number of nitrogens with one attached hydrogen (secondary N) is 1. The van der Waals surface area contributed by atoms with Gasteiger partial charge >= 0.3 is 0 Å². The summed E-state index contributed by atoms with van der Waals surface area (Å²) in [6.45, 7) is 4.25. The number of pyridine rings is 1. The zero-order chi connectivity index (χ0) is 13.8. The molecular weight excluding hydrogens is 238 g/mol. The summed E-state index contributed by atoms with van der Waals surface area (Å²) < 4.78 is 5.22. The molecule has 1 N–H and O–H groups in total. The summed E-state index contributed by atoms with van der Waals surface area (Å²) in [4.78, 5) is 15.2. The highest BCUT2D eigenvalue weighted by atomic mass is 16.5. The van der Waals surface area contributed by atoms with E-state index in [-0.39, 0.29) is 5.56 Å². The SMILES string of the molecule is CCCc1c(CCC)c2ccc(OC)cc2[nH]c1=O. The number of fused-ring (bicyclic) bond motifs is 1. The summed E-state index contributed by atoms with van der Waals surface area (Å²) in [5.41, 5.74) is 3.06. The molecule has 1 aromatic carbocycles. The molecule has 0 saturated carbocycles. The van der Waals surface area contributed by atoms with Gasteiger partial charge in [0.2, 0.25) is 0 Å². The van der Waals surface area contributed by atoms with Gasteiger partial charge in [-0.2, -0.15) is 0 Å². The largest absolute Gasteiger partial charge is 0.497 e. The van der Waals surface area contributed by atoms with E-state index in [1.54, 1.807) is 7.11 Å². The van der Waals surface area contributed by atoms with Crippen LogP contribution in [0.1, 0.15) is 37.8 Å². The van der Waals surface area contributed by atoms with Gasteiger partial charge in [-0.3, -0.25) is 4.79 Å². The zero-order valence-electron chi connectivity index (χ0n) is 11.9. The number of rotatable bonds is 5. The second-order valence-corrected chi connectivity index (χ2v) is 4.82. The molecule has 2 aromatic rings. The van der Waals surface area contributed by atoms with Gasteiger partial charge in [0.25, 0.3) is 5.56 Å². The molecule has 0 saturated heterocycles. The van der Waals surface area contributed by atoms with E-state index in [1.165, 1.54) is 5.56 Å². The summed E-state index contributed by atoms with van der Waals surface area (Å²) in [6, 6.07) is 5.90. The van der Waals surface area contributed by atoms with Crippen molar-refractivity contribution < 1.29 is 4.74 Å². The van der Waals surface area contributed by atoms with Crippen LogP contribution in [0.4, 0.5) is 0 Å². The molecule has 3 nitrogen and oxygen atoms in total. The van der Waals surface area contributed by atoms with Crippen LogP contribution in [0.25, 0.3) is 10.9 Å². The van der Waals surface area contributed by atoms with Crippen LogP contribution in [-0.4, -0.2) is 12.1 Å². The Hall–Kier alpha value is -1.77. The van der Waals surface area contributed by atoms with Crippen molar-refractivity contribution in [2.45, 2.75) is 39.5 Å². The minimum absolute atomic E-state index is 0.0473. The van der Waals surface area contributed by atoms with Crippen molar-refractivity contribution in [1.29, 1.82) is 0 Å². The predicted molar refractivity (Wildman–Crippen MR) is 79.1 cm³/mol. The van der Waals surface area contributed by atoms with Gasteiger partial charge in [0.05, 0.1) is 12.6 Å². The van der Waals surface area contributed by atoms with Gasteiger partial charge in [0.1, 0.15) is 5.75 Å². The molecule has 3 heteroatoms. The van der Waals surface area contributed by atoms with Crippen molar-refractivity contribution in [1.82, 2.24) is 4.98 Å². The van der Waals surface area contributed by atoms with E-state index in [9.17, 15) is 4.79 Å². The highest BCUT2D eigenvalue weighted by molar-refractivity contribution is 5.84. The molecule has 0 amide bonds. The topological polar surface area (TPSA) is 42.1 Å². The Labute approximate surface area is 113 Å². The van der Waals surface area contributed by atoms with Crippen LogP contribution in [0.5, 0.6) is 5.75 Å². The minimum atomic E-state index is 0.0473. The predicted octanol–water partition coefficient (Wildman–Crippen LogP) is 3.44. The molecule has 2 rings (SSSR count). The van der Waals surface area contributed by atoms with E-state index in [1.807, 2.05) is 18.2 Å². The number of benzene rings is 1. The zero-order valence-corrected chi connectivity index (χ0v) is 11.9.